The molecular weight excluding hydrogens is 390 g/mol. The maximum atomic E-state index is 13.3. The second-order valence-corrected chi connectivity index (χ2v) is 7.18. The molecule has 29 heavy (non-hydrogen) atoms. The number of benzene rings is 2. The molecule has 0 radical (unpaired) electrons. The van der Waals surface area contributed by atoms with Gasteiger partial charge in [-0.1, -0.05) is 18.2 Å². The summed E-state index contributed by atoms with van der Waals surface area (Å²) in [6, 6.07) is 15.7. The first-order valence-electron chi connectivity index (χ1n) is 8.75. The SMILES string of the molecule is COc1ccc(-c2c(NC(=O)c3ccco3)sc3ccccc3c2=O)cc1OC. The third-order valence-electron chi connectivity index (χ3n) is 4.44. The van der Waals surface area contributed by atoms with E-state index in [9.17, 15) is 9.59 Å². The molecule has 1 N–H and O–H groups in total. The molecule has 0 aliphatic rings. The molecule has 0 saturated carbocycles. The van der Waals surface area contributed by atoms with Gasteiger partial charge >= 0.3 is 0 Å². The van der Waals surface area contributed by atoms with Crippen molar-refractivity contribution in [2.75, 3.05) is 19.5 Å². The number of methoxy groups -OCH3 is 2. The van der Waals surface area contributed by atoms with Crippen LogP contribution in [0.25, 0.3) is 21.2 Å². The van der Waals surface area contributed by atoms with Crippen LogP contribution in [0.15, 0.2) is 70.1 Å². The smallest absolute Gasteiger partial charge is 0.291 e. The Hall–Kier alpha value is -3.58. The van der Waals surface area contributed by atoms with Crippen LogP contribution in [0.3, 0.4) is 0 Å². The summed E-state index contributed by atoms with van der Waals surface area (Å²) < 4.78 is 16.6. The van der Waals surface area contributed by atoms with Crippen LogP contribution < -0.4 is 20.2 Å². The summed E-state index contributed by atoms with van der Waals surface area (Å²) in [4.78, 5) is 25.9. The number of ether oxygens (including phenoxy) is 2. The number of carbonyl (C=O) groups is 1. The van der Waals surface area contributed by atoms with Gasteiger partial charge in [-0.3, -0.25) is 9.59 Å². The van der Waals surface area contributed by atoms with Crippen LogP contribution in [0.1, 0.15) is 10.6 Å². The van der Waals surface area contributed by atoms with Gasteiger partial charge in [-0.2, -0.15) is 0 Å². The first kappa shape index (κ1) is 18.8. The zero-order chi connectivity index (χ0) is 20.4. The number of rotatable bonds is 5. The highest BCUT2D eigenvalue weighted by molar-refractivity contribution is 7.22. The molecular formula is C22H17NO5S. The third-order valence-corrected chi connectivity index (χ3v) is 5.53. The van der Waals surface area contributed by atoms with Gasteiger partial charge < -0.3 is 19.2 Å². The number of hydrogen-bond acceptors (Lipinski definition) is 6. The predicted molar refractivity (Wildman–Crippen MR) is 113 cm³/mol. The number of amides is 1. The molecule has 2 heterocycles. The van der Waals surface area contributed by atoms with Gasteiger partial charge in [-0.15, -0.1) is 11.3 Å². The Labute approximate surface area is 170 Å². The zero-order valence-corrected chi connectivity index (χ0v) is 16.5. The van der Waals surface area contributed by atoms with E-state index in [2.05, 4.69) is 5.32 Å². The molecule has 6 nitrogen and oxygen atoms in total. The molecule has 4 aromatic rings. The number of furan rings is 1. The lowest BCUT2D eigenvalue weighted by Gasteiger charge is -2.13. The van der Waals surface area contributed by atoms with Crippen LogP contribution in [0.5, 0.6) is 11.5 Å². The summed E-state index contributed by atoms with van der Waals surface area (Å²) >= 11 is 1.33. The van der Waals surface area contributed by atoms with Crippen molar-refractivity contribution >= 4 is 32.3 Å². The molecule has 0 bridgehead atoms. The van der Waals surface area contributed by atoms with Gasteiger partial charge in [0.15, 0.2) is 22.7 Å². The van der Waals surface area contributed by atoms with Crippen LogP contribution in [0.2, 0.25) is 0 Å². The summed E-state index contributed by atoms with van der Waals surface area (Å²) in [5.41, 5.74) is 0.820. The molecule has 0 spiro atoms. The molecule has 2 aromatic heterocycles. The Balaban J connectivity index is 1.92. The number of fused-ring (bicyclic) bond motifs is 1. The minimum atomic E-state index is -0.428. The van der Waals surface area contributed by atoms with Crippen molar-refractivity contribution in [3.63, 3.8) is 0 Å². The fraction of sp³-hybridized carbons (Fsp3) is 0.0909. The van der Waals surface area contributed by atoms with Gasteiger partial charge in [0.05, 0.1) is 26.0 Å². The second kappa shape index (κ2) is 7.81. The summed E-state index contributed by atoms with van der Waals surface area (Å²) in [6.07, 6.45) is 1.42. The minimum Gasteiger partial charge on any atom is -0.493 e. The zero-order valence-electron chi connectivity index (χ0n) is 15.7. The van der Waals surface area contributed by atoms with Gasteiger partial charge in [0.2, 0.25) is 0 Å². The van der Waals surface area contributed by atoms with E-state index in [1.54, 1.807) is 43.5 Å². The fourth-order valence-corrected chi connectivity index (χ4v) is 4.15. The number of nitrogens with one attached hydrogen (secondary N) is 1. The standard InChI is InChI=1S/C22H17NO5S/c1-26-15-10-9-13(12-17(15)27-2)19-20(24)14-6-3-4-8-18(14)29-22(19)23-21(25)16-7-5-11-28-16/h3-12H,1-2H3,(H,23,25). The molecule has 0 atom stereocenters. The Morgan fingerprint density at radius 2 is 1.79 bits per heavy atom. The van der Waals surface area contributed by atoms with Crippen molar-refractivity contribution in [2.24, 2.45) is 0 Å². The largest absolute Gasteiger partial charge is 0.493 e. The Kier molecular flexibility index (Phi) is 5.05. The lowest BCUT2D eigenvalue weighted by Crippen LogP contribution is -2.15. The lowest BCUT2D eigenvalue weighted by molar-refractivity contribution is 0.0997. The Morgan fingerprint density at radius 1 is 1.00 bits per heavy atom. The van der Waals surface area contributed by atoms with Crippen molar-refractivity contribution in [2.45, 2.75) is 0 Å². The quantitative estimate of drug-likeness (QED) is 0.515. The average Bonchev–Trinajstić information content (AvgIpc) is 3.29. The van der Waals surface area contributed by atoms with E-state index in [0.29, 0.717) is 33.0 Å². The van der Waals surface area contributed by atoms with E-state index >= 15 is 0 Å². The molecule has 0 unspecified atom stereocenters. The normalized spacial score (nSPS) is 10.7. The molecule has 1 amide bonds. The van der Waals surface area contributed by atoms with E-state index in [4.69, 9.17) is 13.9 Å². The topological polar surface area (TPSA) is 77.8 Å². The summed E-state index contributed by atoms with van der Waals surface area (Å²) in [5.74, 6) is 0.777. The number of hydrogen-bond donors (Lipinski definition) is 1. The molecule has 0 saturated heterocycles. The van der Waals surface area contributed by atoms with Gasteiger partial charge in [0, 0.05) is 10.1 Å². The van der Waals surface area contributed by atoms with Crippen LogP contribution in [0, 0.1) is 0 Å². The van der Waals surface area contributed by atoms with E-state index in [0.717, 1.165) is 4.70 Å². The van der Waals surface area contributed by atoms with Crippen molar-refractivity contribution in [3.8, 4) is 22.6 Å². The molecule has 0 aliphatic heterocycles. The molecule has 4 rings (SSSR count). The van der Waals surface area contributed by atoms with Gasteiger partial charge in [-0.25, -0.2) is 0 Å². The van der Waals surface area contributed by atoms with Gasteiger partial charge in [-0.05, 0) is 42.0 Å². The highest BCUT2D eigenvalue weighted by Crippen LogP contribution is 2.37. The monoisotopic (exact) mass is 407 g/mol. The first-order valence-corrected chi connectivity index (χ1v) is 9.57. The van der Waals surface area contributed by atoms with Crippen molar-refractivity contribution in [3.05, 3.63) is 76.8 Å². The van der Waals surface area contributed by atoms with Gasteiger partial charge in [0.25, 0.3) is 5.91 Å². The Morgan fingerprint density at radius 3 is 2.52 bits per heavy atom. The third kappa shape index (κ3) is 3.48. The summed E-state index contributed by atoms with van der Waals surface area (Å²) in [5, 5.41) is 3.84. The number of anilines is 1. The summed E-state index contributed by atoms with van der Waals surface area (Å²) in [7, 11) is 3.08. The summed E-state index contributed by atoms with van der Waals surface area (Å²) in [6.45, 7) is 0. The highest BCUT2D eigenvalue weighted by Gasteiger charge is 2.19. The van der Waals surface area contributed by atoms with Crippen molar-refractivity contribution in [1.29, 1.82) is 0 Å². The average molecular weight is 407 g/mol. The van der Waals surface area contributed by atoms with Crippen LogP contribution >= 0.6 is 11.3 Å². The molecule has 0 fully saturated rings. The maximum absolute atomic E-state index is 13.3. The van der Waals surface area contributed by atoms with Crippen LogP contribution in [0.4, 0.5) is 5.00 Å². The van der Waals surface area contributed by atoms with E-state index in [1.807, 2.05) is 18.2 Å². The molecule has 7 heteroatoms. The molecule has 2 aromatic carbocycles. The van der Waals surface area contributed by atoms with E-state index in [1.165, 1.54) is 24.7 Å². The molecule has 0 aliphatic carbocycles. The predicted octanol–water partition coefficient (Wildman–Crippen LogP) is 4.79. The number of carbonyl (C=O) groups excluding carboxylic acids is 1. The van der Waals surface area contributed by atoms with E-state index < -0.39 is 5.91 Å². The van der Waals surface area contributed by atoms with E-state index in [-0.39, 0.29) is 11.2 Å². The maximum Gasteiger partial charge on any atom is 0.291 e. The minimum absolute atomic E-state index is 0.163. The lowest BCUT2D eigenvalue weighted by atomic mass is 10.0. The molecule has 146 valence electrons. The second-order valence-electron chi connectivity index (χ2n) is 6.13. The van der Waals surface area contributed by atoms with Crippen molar-refractivity contribution in [1.82, 2.24) is 0 Å². The van der Waals surface area contributed by atoms with Crippen molar-refractivity contribution < 1.29 is 18.7 Å². The first-order chi connectivity index (χ1) is 14.1. The van der Waals surface area contributed by atoms with Crippen LogP contribution in [-0.4, -0.2) is 20.1 Å². The Bertz CT molecular complexity index is 1240. The van der Waals surface area contributed by atoms with Crippen LogP contribution in [-0.2, 0) is 0 Å². The highest BCUT2D eigenvalue weighted by atomic mass is 32.1. The van der Waals surface area contributed by atoms with Gasteiger partial charge in [0.1, 0.15) is 5.00 Å². The fourth-order valence-electron chi connectivity index (χ4n) is 3.06.